The molecule has 0 aromatic carbocycles. The Hall–Kier alpha value is -0.650. The molecule has 0 radical (unpaired) electrons. The second-order valence-corrected chi connectivity index (χ2v) is 5.19. The Morgan fingerprint density at radius 1 is 1.29 bits per heavy atom. The Labute approximate surface area is 101 Å². The summed E-state index contributed by atoms with van der Waals surface area (Å²) in [5, 5.41) is 12.5. The Balaban J connectivity index is 2.00. The van der Waals surface area contributed by atoms with Gasteiger partial charge >= 0.3 is 0 Å². The Bertz CT molecular complexity index is 280. The Morgan fingerprint density at radius 2 is 2.00 bits per heavy atom. The molecule has 5 nitrogen and oxygen atoms in total. The molecule has 5 heteroatoms. The normalized spacial score (nSPS) is 32.4. The molecule has 0 aliphatic carbocycles. The van der Waals surface area contributed by atoms with Gasteiger partial charge in [-0.15, -0.1) is 0 Å². The molecule has 1 amide bonds. The van der Waals surface area contributed by atoms with Crippen LogP contribution in [0.5, 0.6) is 0 Å². The molecule has 2 aliphatic rings. The van der Waals surface area contributed by atoms with Crippen molar-refractivity contribution in [1.29, 1.82) is 0 Å². The maximum atomic E-state index is 12.2. The fourth-order valence-electron chi connectivity index (χ4n) is 2.42. The quantitative estimate of drug-likeness (QED) is 0.743. The molecule has 0 saturated carbocycles. The molecule has 0 aromatic rings. The number of amides is 1. The van der Waals surface area contributed by atoms with E-state index in [2.05, 4.69) is 5.32 Å². The van der Waals surface area contributed by atoms with Crippen molar-refractivity contribution in [3.63, 3.8) is 0 Å². The van der Waals surface area contributed by atoms with Gasteiger partial charge in [-0.05, 0) is 32.6 Å². The van der Waals surface area contributed by atoms with Crippen molar-refractivity contribution < 1.29 is 19.4 Å². The van der Waals surface area contributed by atoms with Crippen molar-refractivity contribution in [2.45, 2.75) is 43.7 Å². The second kappa shape index (κ2) is 4.92. The third-order valence-corrected chi connectivity index (χ3v) is 3.83. The summed E-state index contributed by atoms with van der Waals surface area (Å²) in [4.78, 5) is 12.2. The van der Waals surface area contributed by atoms with Gasteiger partial charge in [-0.1, -0.05) is 0 Å². The molecule has 2 N–H and O–H groups in total. The van der Waals surface area contributed by atoms with Crippen LogP contribution in [0.15, 0.2) is 0 Å². The van der Waals surface area contributed by atoms with Crippen LogP contribution in [0.3, 0.4) is 0 Å². The molecule has 2 fully saturated rings. The van der Waals surface area contributed by atoms with E-state index in [4.69, 9.17) is 9.47 Å². The third kappa shape index (κ3) is 2.61. The van der Waals surface area contributed by atoms with E-state index < -0.39 is 11.1 Å². The maximum Gasteiger partial charge on any atom is 0.252 e. The highest BCUT2D eigenvalue weighted by atomic mass is 16.5. The number of nitrogens with one attached hydrogen (secondary N) is 1. The first kappa shape index (κ1) is 12.8. The first-order chi connectivity index (χ1) is 8.10. The van der Waals surface area contributed by atoms with Gasteiger partial charge in [0.25, 0.3) is 5.91 Å². The predicted octanol–water partition coefficient (Wildman–Crippen LogP) is 0.213. The van der Waals surface area contributed by atoms with Crippen LogP contribution in [0.2, 0.25) is 0 Å². The summed E-state index contributed by atoms with van der Waals surface area (Å²) in [6, 6.07) is 0. The lowest BCUT2D eigenvalue weighted by Gasteiger charge is -2.38. The number of hydrogen-bond acceptors (Lipinski definition) is 4. The van der Waals surface area contributed by atoms with Crippen LogP contribution < -0.4 is 5.32 Å². The fourth-order valence-corrected chi connectivity index (χ4v) is 2.42. The van der Waals surface area contributed by atoms with Crippen LogP contribution in [0, 0.1) is 0 Å². The molecule has 2 saturated heterocycles. The molecule has 0 bridgehead atoms. The van der Waals surface area contributed by atoms with Gasteiger partial charge in [0.1, 0.15) is 5.60 Å². The largest absolute Gasteiger partial charge is 0.394 e. The summed E-state index contributed by atoms with van der Waals surface area (Å²) in [6.07, 6.45) is 2.98. The minimum Gasteiger partial charge on any atom is -0.394 e. The van der Waals surface area contributed by atoms with E-state index in [1.165, 1.54) is 0 Å². The Kier molecular flexibility index (Phi) is 3.70. The van der Waals surface area contributed by atoms with E-state index in [0.717, 1.165) is 12.8 Å². The summed E-state index contributed by atoms with van der Waals surface area (Å²) >= 11 is 0. The van der Waals surface area contributed by atoms with Gasteiger partial charge in [0.05, 0.1) is 12.1 Å². The molecule has 17 heavy (non-hydrogen) atoms. The minimum atomic E-state index is -0.722. The zero-order chi connectivity index (χ0) is 12.4. The summed E-state index contributed by atoms with van der Waals surface area (Å²) in [7, 11) is 0. The topological polar surface area (TPSA) is 67.8 Å². The van der Waals surface area contributed by atoms with Crippen LogP contribution in [-0.4, -0.2) is 48.6 Å². The maximum absolute atomic E-state index is 12.2. The van der Waals surface area contributed by atoms with Crippen molar-refractivity contribution in [2.75, 3.05) is 26.4 Å². The van der Waals surface area contributed by atoms with E-state index in [0.29, 0.717) is 32.7 Å². The van der Waals surface area contributed by atoms with Gasteiger partial charge in [-0.2, -0.15) is 0 Å². The number of ether oxygens (including phenoxy) is 2. The summed E-state index contributed by atoms with van der Waals surface area (Å²) in [6.45, 7) is 3.58. The van der Waals surface area contributed by atoms with E-state index in [-0.39, 0.29) is 12.5 Å². The molecular formula is C12H21NO4. The number of aliphatic hydroxyl groups is 1. The van der Waals surface area contributed by atoms with E-state index in [1.807, 2.05) is 6.92 Å². The molecule has 2 aliphatic heterocycles. The van der Waals surface area contributed by atoms with Crippen LogP contribution in [0.1, 0.15) is 32.6 Å². The molecule has 98 valence electrons. The summed E-state index contributed by atoms with van der Waals surface area (Å²) in [5.74, 6) is -0.106. The number of carbonyl (C=O) groups excluding carboxylic acids is 1. The lowest BCUT2D eigenvalue weighted by Crippen LogP contribution is -2.59. The van der Waals surface area contributed by atoms with Gasteiger partial charge in [0.2, 0.25) is 0 Å². The van der Waals surface area contributed by atoms with Gasteiger partial charge < -0.3 is 19.9 Å². The second-order valence-electron chi connectivity index (χ2n) is 5.19. The molecule has 0 aromatic heterocycles. The predicted molar refractivity (Wildman–Crippen MR) is 61.6 cm³/mol. The van der Waals surface area contributed by atoms with Crippen molar-refractivity contribution in [3.05, 3.63) is 0 Å². The average Bonchev–Trinajstić information content (AvgIpc) is 2.79. The van der Waals surface area contributed by atoms with Gasteiger partial charge in [0, 0.05) is 19.8 Å². The van der Waals surface area contributed by atoms with Crippen LogP contribution in [0.25, 0.3) is 0 Å². The number of carbonyl (C=O) groups is 1. The molecule has 1 unspecified atom stereocenters. The van der Waals surface area contributed by atoms with E-state index >= 15 is 0 Å². The average molecular weight is 243 g/mol. The van der Waals surface area contributed by atoms with E-state index in [1.54, 1.807) is 0 Å². The van der Waals surface area contributed by atoms with Gasteiger partial charge in [-0.25, -0.2) is 0 Å². The SMILES string of the molecule is CC1(C(=O)NC2(CO)CCOCC2)CCCO1. The minimum absolute atomic E-state index is 0.0435. The van der Waals surface area contributed by atoms with Crippen molar-refractivity contribution in [1.82, 2.24) is 5.32 Å². The molecule has 1 atom stereocenters. The zero-order valence-corrected chi connectivity index (χ0v) is 10.3. The fraction of sp³-hybridized carbons (Fsp3) is 0.917. The molecule has 2 heterocycles. The molecule has 0 spiro atoms. The van der Waals surface area contributed by atoms with Gasteiger partial charge in [-0.3, -0.25) is 4.79 Å². The first-order valence-corrected chi connectivity index (χ1v) is 6.25. The molecule has 2 rings (SSSR count). The number of rotatable bonds is 3. The van der Waals surface area contributed by atoms with Crippen molar-refractivity contribution in [3.8, 4) is 0 Å². The van der Waals surface area contributed by atoms with Crippen molar-refractivity contribution in [2.24, 2.45) is 0 Å². The third-order valence-electron chi connectivity index (χ3n) is 3.83. The first-order valence-electron chi connectivity index (χ1n) is 6.25. The standard InChI is InChI=1S/C12H21NO4/c1-11(3-2-6-17-11)10(15)13-12(9-14)4-7-16-8-5-12/h14H,2-9H2,1H3,(H,13,15). The van der Waals surface area contributed by atoms with Crippen molar-refractivity contribution >= 4 is 5.91 Å². The summed E-state index contributed by atoms with van der Waals surface area (Å²) in [5.41, 5.74) is -1.25. The Morgan fingerprint density at radius 3 is 2.53 bits per heavy atom. The van der Waals surface area contributed by atoms with Crippen LogP contribution in [0.4, 0.5) is 0 Å². The summed E-state index contributed by atoms with van der Waals surface area (Å²) < 4.78 is 10.8. The zero-order valence-electron chi connectivity index (χ0n) is 10.3. The van der Waals surface area contributed by atoms with Gasteiger partial charge in [0.15, 0.2) is 0 Å². The highest BCUT2D eigenvalue weighted by Gasteiger charge is 2.42. The van der Waals surface area contributed by atoms with Crippen LogP contribution >= 0.6 is 0 Å². The van der Waals surface area contributed by atoms with E-state index in [9.17, 15) is 9.90 Å². The lowest BCUT2D eigenvalue weighted by molar-refractivity contribution is -0.143. The highest BCUT2D eigenvalue weighted by Crippen LogP contribution is 2.28. The smallest absolute Gasteiger partial charge is 0.252 e. The van der Waals surface area contributed by atoms with Crippen LogP contribution in [-0.2, 0) is 14.3 Å². The number of aliphatic hydroxyl groups excluding tert-OH is 1. The highest BCUT2D eigenvalue weighted by molar-refractivity contribution is 5.85. The number of hydrogen-bond donors (Lipinski definition) is 2. The molecular weight excluding hydrogens is 222 g/mol. The monoisotopic (exact) mass is 243 g/mol. The lowest BCUT2D eigenvalue weighted by atomic mass is 9.89.